The second-order valence-corrected chi connectivity index (χ2v) is 8.99. The molecule has 0 amide bonds. The van der Waals surface area contributed by atoms with Gasteiger partial charge in [0.15, 0.2) is 0 Å². The molecule has 2 bridgehead atoms. The van der Waals surface area contributed by atoms with Crippen molar-refractivity contribution >= 4 is 28.2 Å². The molecular weight excluding hydrogens is 431 g/mol. The van der Waals surface area contributed by atoms with Crippen LogP contribution in [0, 0.1) is 12.7 Å². The summed E-state index contributed by atoms with van der Waals surface area (Å²) in [7, 11) is 2.14. The Morgan fingerprint density at radius 3 is 2.55 bits per heavy atom. The molecule has 0 unspecified atom stereocenters. The number of nitrogens with zero attached hydrogens (tertiary/aromatic N) is 5. The van der Waals surface area contributed by atoms with E-state index in [1.807, 2.05) is 6.07 Å². The Kier molecular flexibility index (Phi) is 5.27. The molecule has 5 rings (SSSR count). The van der Waals surface area contributed by atoms with Gasteiger partial charge in [0.25, 0.3) is 6.43 Å². The van der Waals surface area contributed by atoms with E-state index in [1.165, 1.54) is 6.07 Å². The minimum absolute atomic E-state index is 0.0592. The van der Waals surface area contributed by atoms with Crippen LogP contribution in [0.2, 0.25) is 0 Å². The first kappa shape index (κ1) is 21.7. The van der Waals surface area contributed by atoms with Crippen molar-refractivity contribution in [3.63, 3.8) is 0 Å². The topological polar surface area (TPSA) is 83.2 Å². The summed E-state index contributed by atoms with van der Waals surface area (Å²) in [5.41, 5.74) is 5.86. The zero-order chi connectivity index (χ0) is 23.4. The molecule has 0 radical (unpaired) electrons. The van der Waals surface area contributed by atoms with Crippen molar-refractivity contribution in [3.8, 4) is 0 Å². The Morgan fingerprint density at radius 2 is 1.88 bits per heavy atom. The lowest BCUT2D eigenvalue weighted by Crippen LogP contribution is -2.44. The lowest BCUT2D eigenvalue weighted by atomic mass is 10.0. The summed E-state index contributed by atoms with van der Waals surface area (Å²) in [4.78, 5) is 18.3. The number of nitrogens with two attached hydrogens (primary N) is 1. The highest BCUT2D eigenvalue weighted by Gasteiger charge is 2.42. The molecule has 33 heavy (non-hydrogen) atoms. The summed E-state index contributed by atoms with van der Waals surface area (Å²) >= 11 is 0. The molecule has 0 aliphatic carbocycles. The number of nitrogens with one attached hydrogen (secondary N) is 1. The van der Waals surface area contributed by atoms with E-state index in [1.54, 1.807) is 20.0 Å². The molecule has 174 valence electrons. The average molecular weight is 458 g/mol. The van der Waals surface area contributed by atoms with Gasteiger partial charge in [-0.3, -0.25) is 4.90 Å². The molecule has 7 nitrogen and oxygen atoms in total. The fourth-order valence-corrected chi connectivity index (χ4v) is 5.00. The van der Waals surface area contributed by atoms with Gasteiger partial charge in [0.2, 0.25) is 0 Å². The maximum Gasteiger partial charge on any atom is 0.266 e. The molecule has 0 saturated carbocycles. The molecule has 3 atom stereocenters. The maximum atomic E-state index is 14.8. The lowest BCUT2D eigenvalue weighted by molar-refractivity contribution is 0.146. The van der Waals surface area contributed by atoms with Crippen LogP contribution < -0.4 is 16.0 Å². The molecule has 4 heterocycles. The van der Waals surface area contributed by atoms with Gasteiger partial charge < -0.3 is 16.0 Å². The third-order valence-electron chi connectivity index (χ3n) is 6.69. The standard InChI is InChI=1S/C23H26F3N7/c1-11(16-4-13(27)5-18(21(16)24)22(25)26)29-23-17-7-20(28-8-19(17)30-12(2)31-23)33-10-14-6-15(33)9-32(14)3/h4-5,7-8,11,14-15,22H,6,9-10,27H2,1-3H3,(H,29,30,31)/t11-,14+,15+/m1/s1. The van der Waals surface area contributed by atoms with Crippen molar-refractivity contribution in [3.05, 3.63) is 47.2 Å². The Bertz CT molecular complexity index is 1220. The third-order valence-corrected chi connectivity index (χ3v) is 6.69. The Hall–Kier alpha value is -3.14. The van der Waals surface area contributed by atoms with Gasteiger partial charge in [-0.25, -0.2) is 28.1 Å². The normalized spacial score (nSPS) is 21.4. The van der Waals surface area contributed by atoms with Crippen LogP contribution in [-0.4, -0.2) is 52.1 Å². The van der Waals surface area contributed by atoms with Crippen molar-refractivity contribution < 1.29 is 13.2 Å². The zero-order valence-corrected chi connectivity index (χ0v) is 18.7. The number of aromatic nitrogens is 3. The summed E-state index contributed by atoms with van der Waals surface area (Å²) in [5.74, 6) is 0.903. The Morgan fingerprint density at radius 1 is 1.12 bits per heavy atom. The van der Waals surface area contributed by atoms with Gasteiger partial charge in [-0.2, -0.15) is 0 Å². The van der Waals surface area contributed by atoms with E-state index in [0.717, 1.165) is 36.8 Å². The lowest BCUT2D eigenvalue weighted by Gasteiger charge is -2.32. The number of benzene rings is 1. The van der Waals surface area contributed by atoms with E-state index in [0.29, 0.717) is 29.2 Å². The van der Waals surface area contributed by atoms with Gasteiger partial charge in [-0.05, 0) is 45.5 Å². The number of aryl methyl sites for hydroxylation is 1. The summed E-state index contributed by atoms with van der Waals surface area (Å²) in [6.07, 6.45) is -0.116. The first-order valence-corrected chi connectivity index (χ1v) is 11.0. The summed E-state index contributed by atoms with van der Waals surface area (Å²) in [6.45, 7) is 5.36. The van der Waals surface area contributed by atoms with E-state index in [2.05, 4.69) is 37.1 Å². The van der Waals surface area contributed by atoms with Gasteiger partial charge in [0.05, 0.1) is 23.3 Å². The molecule has 0 spiro atoms. The number of piperazine rings is 1. The van der Waals surface area contributed by atoms with E-state index in [4.69, 9.17) is 5.73 Å². The highest BCUT2D eigenvalue weighted by molar-refractivity contribution is 5.90. The molecular formula is C23H26F3N7. The highest BCUT2D eigenvalue weighted by Crippen LogP contribution is 2.36. The van der Waals surface area contributed by atoms with Crippen molar-refractivity contribution in [2.24, 2.45) is 0 Å². The number of likely N-dealkylation sites (N-methyl/N-ethyl adjacent to an activating group) is 1. The van der Waals surface area contributed by atoms with Crippen LogP contribution in [0.5, 0.6) is 0 Å². The zero-order valence-electron chi connectivity index (χ0n) is 18.7. The van der Waals surface area contributed by atoms with Gasteiger partial charge in [0.1, 0.15) is 23.3 Å². The number of rotatable bonds is 5. The van der Waals surface area contributed by atoms with Crippen molar-refractivity contribution in [1.29, 1.82) is 0 Å². The van der Waals surface area contributed by atoms with Crippen LogP contribution >= 0.6 is 0 Å². The van der Waals surface area contributed by atoms with E-state index in [9.17, 15) is 13.2 Å². The predicted molar refractivity (Wildman–Crippen MR) is 122 cm³/mol. The summed E-state index contributed by atoms with van der Waals surface area (Å²) in [5, 5.41) is 3.93. The first-order chi connectivity index (χ1) is 15.7. The monoisotopic (exact) mass is 457 g/mol. The van der Waals surface area contributed by atoms with Gasteiger partial charge in [0, 0.05) is 41.8 Å². The number of fused-ring (bicyclic) bond motifs is 3. The molecule has 2 aliphatic rings. The second-order valence-electron chi connectivity index (χ2n) is 8.99. The second kappa shape index (κ2) is 8.02. The summed E-state index contributed by atoms with van der Waals surface area (Å²) in [6, 6.07) is 4.58. The first-order valence-electron chi connectivity index (χ1n) is 11.0. The third kappa shape index (κ3) is 3.82. The number of alkyl halides is 2. The van der Waals surface area contributed by atoms with Gasteiger partial charge >= 0.3 is 0 Å². The Balaban J connectivity index is 1.50. The van der Waals surface area contributed by atoms with Gasteiger partial charge in [-0.15, -0.1) is 0 Å². The molecule has 10 heteroatoms. The molecule has 2 aromatic heterocycles. The number of pyridine rings is 1. The number of nitrogen functional groups attached to an aromatic ring is 1. The van der Waals surface area contributed by atoms with E-state index >= 15 is 0 Å². The van der Waals surface area contributed by atoms with Crippen LogP contribution in [0.15, 0.2) is 24.4 Å². The van der Waals surface area contributed by atoms with Crippen molar-refractivity contribution in [2.75, 3.05) is 36.1 Å². The number of anilines is 3. The SMILES string of the molecule is Cc1nc(N[C@H](C)c2cc(N)cc(C(F)F)c2F)c2cc(N3C[C@@H]4C[C@H]3CN4C)ncc2n1. The van der Waals surface area contributed by atoms with Crippen molar-refractivity contribution in [1.82, 2.24) is 19.9 Å². The summed E-state index contributed by atoms with van der Waals surface area (Å²) < 4.78 is 41.3. The van der Waals surface area contributed by atoms with E-state index < -0.39 is 23.8 Å². The smallest absolute Gasteiger partial charge is 0.266 e. The molecule has 3 aromatic rings. The quantitative estimate of drug-likeness (QED) is 0.559. The molecule has 1 aromatic carbocycles. The minimum Gasteiger partial charge on any atom is -0.399 e. The van der Waals surface area contributed by atoms with Crippen molar-refractivity contribution in [2.45, 2.75) is 44.8 Å². The van der Waals surface area contributed by atoms with Crippen LogP contribution in [-0.2, 0) is 0 Å². The largest absolute Gasteiger partial charge is 0.399 e. The molecule has 3 N–H and O–H groups in total. The van der Waals surface area contributed by atoms with Crippen LogP contribution in [0.1, 0.15) is 42.8 Å². The molecule has 2 saturated heterocycles. The molecule has 2 fully saturated rings. The minimum atomic E-state index is -2.95. The van der Waals surface area contributed by atoms with Crippen LogP contribution in [0.4, 0.5) is 30.5 Å². The average Bonchev–Trinajstić information content (AvgIpc) is 3.34. The highest BCUT2D eigenvalue weighted by atomic mass is 19.3. The van der Waals surface area contributed by atoms with Crippen LogP contribution in [0.25, 0.3) is 10.9 Å². The van der Waals surface area contributed by atoms with E-state index in [-0.39, 0.29) is 11.3 Å². The van der Waals surface area contributed by atoms with Gasteiger partial charge in [-0.1, -0.05) is 0 Å². The number of hydrogen-bond donors (Lipinski definition) is 2. The molecule has 2 aliphatic heterocycles. The number of halogens is 3. The Labute approximate surface area is 189 Å². The number of hydrogen-bond acceptors (Lipinski definition) is 7. The van der Waals surface area contributed by atoms with Crippen LogP contribution in [0.3, 0.4) is 0 Å². The predicted octanol–water partition coefficient (Wildman–Crippen LogP) is 4.06. The maximum absolute atomic E-state index is 14.8. The fraction of sp³-hybridized carbons (Fsp3) is 0.435. The number of likely N-dealkylation sites (tertiary alicyclic amines) is 1. The fourth-order valence-electron chi connectivity index (χ4n) is 5.00.